The van der Waals surface area contributed by atoms with E-state index in [4.69, 9.17) is 5.11 Å². The van der Waals surface area contributed by atoms with E-state index in [-0.39, 0.29) is 12.3 Å². The summed E-state index contributed by atoms with van der Waals surface area (Å²) in [6.07, 6.45) is 1.99. The van der Waals surface area contributed by atoms with Gasteiger partial charge in [0.15, 0.2) is 0 Å². The van der Waals surface area contributed by atoms with Crippen LogP contribution in [0.3, 0.4) is 0 Å². The molecular formula is C13H19FN2O3. The number of nitrogens with zero attached hydrogens (tertiary/aromatic N) is 2. The van der Waals surface area contributed by atoms with Gasteiger partial charge in [-0.25, -0.2) is 4.39 Å². The summed E-state index contributed by atoms with van der Waals surface area (Å²) >= 11 is 0. The Hall–Kier alpha value is -1.53. The van der Waals surface area contributed by atoms with Gasteiger partial charge < -0.3 is 5.11 Å². The van der Waals surface area contributed by atoms with E-state index in [9.17, 15) is 14.5 Å². The summed E-state index contributed by atoms with van der Waals surface area (Å²) in [5.74, 6) is -0.608. The number of unbranched alkanes of at least 4 members (excludes halogenated alkanes) is 1. The van der Waals surface area contributed by atoms with E-state index in [0.717, 1.165) is 25.5 Å². The van der Waals surface area contributed by atoms with Crippen LogP contribution < -0.4 is 0 Å². The Bertz CT molecular complexity index is 426. The maximum Gasteiger partial charge on any atom is 0.272 e. The molecular weight excluding hydrogens is 251 g/mol. The van der Waals surface area contributed by atoms with E-state index in [1.54, 1.807) is 0 Å². The van der Waals surface area contributed by atoms with Gasteiger partial charge in [-0.1, -0.05) is 13.3 Å². The summed E-state index contributed by atoms with van der Waals surface area (Å²) in [6.45, 7) is 3.73. The number of aliphatic hydroxyl groups is 1. The molecule has 0 amide bonds. The smallest absolute Gasteiger partial charge is 0.272 e. The summed E-state index contributed by atoms with van der Waals surface area (Å²) in [4.78, 5) is 12.0. The summed E-state index contributed by atoms with van der Waals surface area (Å²) in [5.41, 5.74) is 0.311. The van der Waals surface area contributed by atoms with Crippen LogP contribution in [-0.2, 0) is 6.54 Å². The second kappa shape index (κ2) is 7.81. The molecule has 5 nitrogen and oxygen atoms in total. The van der Waals surface area contributed by atoms with Crippen LogP contribution >= 0.6 is 0 Å². The van der Waals surface area contributed by atoms with Gasteiger partial charge in [-0.3, -0.25) is 15.0 Å². The van der Waals surface area contributed by atoms with Crippen LogP contribution in [0.2, 0.25) is 0 Å². The molecule has 0 saturated carbocycles. The molecule has 1 aromatic rings. The third-order valence-electron chi connectivity index (χ3n) is 2.80. The molecule has 0 atom stereocenters. The van der Waals surface area contributed by atoms with Crippen molar-refractivity contribution in [1.29, 1.82) is 0 Å². The van der Waals surface area contributed by atoms with Crippen molar-refractivity contribution in [3.63, 3.8) is 0 Å². The molecule has 1 N–H and O–H groups in total. The topological polar surface area (TPSA) is 66.6 Å². The first-order valence-corrected chi connectivity index (χ1v) is 6.34. The maximum atomic E-state index is 13.3. The minimum atomic E-state index is -0.608. The van der Waals surface area contributed by atoms with Gasteiger partial charge in [0.25, 0.3) is 5.69 Å². The quantitative estimate of drug-likeness (QED) is 0.581. The Morgan fingerprint density at radius 1 is 1.37 bits per heavy atom. The lowest BCUT2D eigenvalue weighted by molar-refractivity contribution is -0.385. The largest absolute Gasteiger partial charge is 0.395 e. The molecule has 0 spiro atoms. The van der Waals surface area contributed by atoms with E-state index in [2.05, 4.69) is 6.92 Å². The van der Waals surface area contributed by atoms with Crippen molar-refractivity contribution in [2.75, 3.05) is 19.7 Å². The van der Waals surface area contributed by atoms with Gasteiger partial charge in [-0.15, -0.1) is 0 Å². The molecule has 0 unspecified atom stereocenters. The number of non-ortho nitro benzene ring substituents is 1. The Morgan fingerprint density at radius 3 is 2.68 bits per heavy atom. The molecule has 0 aliphatic heterocycles. The van der Waals surface area contributed by atoms with Crippen molar-refractivity contribution in [1.82, 2.24) is 4.90 Å². The van der Waals surface area contributed by atoms with Crippen molar-refractivity contribution in [3.05, 3.63) is 39.7 Å². The maximum absolute atomic E-state index is 13.3. The second-order valence-corrected chi connectivity index (χ2v) is 4.43. The van der Waals surface area contributed by atoms with E-state index in [1.165, 1.54) is 12.1 Å². The number of nitro benzene ring substituents is 1. The Kier molecular flexibility index (Phi) is 6.38. The predicted octanol–water partition coefficient (Wildman–Crippen LogP) is 2.33. The minimum absolute atomic E-state index is 0.0150. The molecule has 1 aromatic carbocycles. The van der Waals surface area contributed by atoms with Crippen molar-refractivity contribution in [2.45, 2.75) is 26.3 Å². The molecule has 106 valence electrons. The van der Waals surface area contributed by atoms with E-state index < -0.39 is 10.7 Å². The second-order valence-electron chi connectivity index (χ2n) is 4.43. The minimum Gasteiger partial charge on any atom is -0.395 e. The fraction of sp³-hybridized carbons (Fsp3) is 0.538. The number of hydrogen-bond acceptors (Lipinski definition) is 4. The average Bonchev–Trinajstić information content (AvgIpc) is 2.35. The van der Waals surface area contributed by atoms with Gasteiger partial charge in [-0.05, 0) is 24.6 Å². The Morgan fingerprint density at radius 2 is 2.11 bits per heavy atom. The standard InChI is InChI=1S/C13H19FN2O3/c1-2-3-4-15(5-6-17)10-11-7-12(14)9-13(8-11)16(18)19/h7-9,17H,2-6,10H2,1H3. The van der Waals surface area contributed by atoms with Gasteiger partial charge in [0.1, 0.15) is 5.82 Å². The highest BCUT2D eigenvalue weighted by Crippen LogP contribution is 2.17. The molecule has 0 aliphatic carbocycles. The molecule has 0 aromatic heterocycles. The van der Waals surface area contributed by atoms with Crippen LogP contribution in [0.5, 0.6) is 0 Å². The molecule has 1 rings (SSSR count). The molecule has 0 bridgehead atoms. The first kappa shape index (κ1) is 15.5. The molecule has 0 radical (unpaired) electrons. The summed E-state index contributed by atoms with van der Waals surface area (Å²) in [7, 11) is 0. The highest BCUT2D eigenvalue weighted by atomic mass is 19.1. The highest BCUT2D eigenvalue weighted by Gasteiger charge is 2.12. The van der Waals surface area contributed by atoms with E-state index in [0.29, 0.717) is 18.7 Å². The normalized spacial score (nSPS) is 10.9. The van der Waals surface area contributed by atoms with Crippen molar-refractivity contribution >= 4 is 5.69 Å². The van der Waals surface area contributed by atoms with Crippen LogP contribution in [0.1, 0.15) is 25.3 Å². The van der Waals surface area contributed by atoms with Crippen LogP contribution in [0.25, 0.3) is 0 Å². The summed E-state index contributed by atoms with van der Waals surface area (Å²) in [5, 5.41) is 19.7. The zero-order chi connectivity index (χ0) is 14.3. The molecule has 6 heteroatoms. The first-order valence-electron chi connectivity index (χ1n) is 6.34. The van der Waals surface area contributed by atoms with Gasteiger partial charge in [0.2, 0.25) is 0 Å². The first-order chi connectivity index (χ1) is 9.06. The zero-order valence-corrected chi connectivity index (χ0v) is 11.0. The Balaban J connectivity index is 2.79. The number of rotatable bonds is 8. The lowest BCUT2D eigenvalue weighted by atomic mass is 10.1. The molecule has 0 heterocycles. The average molecular weight is 270 g/mol. The lowest BCUT2D eigenvalue weighted by Gasteiger charge is -2.21. The lowest BCUT2D eigenvalue weighted by Crippen LogP contribution is -2.27. The molecule has 0 aliphatic rings. The number of hydrogen-bond donors (Lipinski definition) is 1. The van der Waals surface area contributed by atoms with Gasteiger partial charge in [0.05, 0.1) is 17.6 Å². The molecule has 0 saturated heterocycles. The molecule has 0 fully saturated rings. The van der Waals surface area contributed by atoms with E-state index >= 15 is 0 Å². The Labute approximate surface area is 111 Å². The summed E-state index contributed by atoms with van der Waals surface area (Å²) in [6, 6.07) is 3.58. The van der Waals surface area contributed by atoms with Crippen molar-refractivity contribution in [3.8, 4) is 0 Å². The number of nitro groups is 1. The third-order valence-corrected chi connectivity index (χ3v) is 2.80. The van der Waals surface area contributed by atoms with Crippen LogP contribution in [0.15, 0.2) is 18.2 Å². The number of benzene rings is 1. The SMILES string of the molecule is CCCCN(CCO)Cc1cc(F)cc([N+](=O)[O-])c1. The van der Waals surface area contributed by atoms with Crippen molar-refractivity contribution < 1.29 is 14.4 Å². The molecule has 19 heavy (non-hydrogen) atoms. The predicted molar refractivity (Wildman–Crippen MR) is 70.3 cm³/mol. The zero-order valence-electron chi connectivity index (χ0n) is 11.0. The van der Waals surface area contributed by atoms with Gasteiger partial charge in [-0.2, -0.15) is 0 Å². The number of halogens is 1. The fourth-order valence-corrected chi connectivity index (χ4v) is 1.88. The fourth-order valence-electron chi connectivity index (χ4n) is 1.88. The van der Waals surface area contributed by atoms with Crippen LogP contribution in [-0.4, -0.2) is 34.6 Å². The van der Waals surface area contributed by atoms with Gasteiger partial charge >= 0.3 is 0 Å². The monoisotopic (exact) mass is 270 g/mol. The van der Waals surface area contributed by atoms with Crippen LogP contribution in [0.4, 0.5) is 10.1 Å². The summed E-state index contributed by atoms with van der Waals surface area (Å²) < 4.78 is 13.3. The van der Waals surface area contributed by atoms with Gasteiger partial charge in [0, 0.05) is 19.2 Å². The highest BCUT2D eigenvalue weighted by molar-refractivity contribution is 5.35. The van der Waals surface area contributed by atoms with Crippen molar-refractivity contribution in [2.24, 2.45) is 0 Å². The number of aliphatic hydroxyl groups excluding tert-OH is 1. The third kappa shape index (κ3) is 5.32. The van der Waals surface area contributed by atoms with Crippen LogP contribution in [0, 0.1) is 15.9 Å². The van der Waals surface area contributed by atoms with E-state index in [1.807, 2.05) is 4.90 Å².